The molecule has 1 unspecified atom stereocenters. The van der Waals surface area contributed by atoms with E-state index in [4.69, 9.17) is 11.6 Å². The first-order valence-corrected chi connectivity index (χ1v) is 12.8. The first-order valence-electron chi connectivity index (χ1n) is 12.4. The van der Waals surface area contributed by atoms with Crippen molar-refractivity contribution in [2.75, 3.05) is 0 Å². The summed E-state index contributed by atoms with van der Waals surface area (Å²) in [5.74, 6) is 0.864. The Labute approximate surface area is 218 Å². The topological polar surface area (TPSA) is 56.0 Å². The van der Waals surface area contributed by atoms with Crippen LogP contribution < -0.4 is 10.9 Å². The Kier molecular flexibility index (Phi) is 6.29. The van der Waals surface area contributed by atoms with Crippen molar-refractivity contribution in [3.05, 3.63) is 86.8 Å². The second kappa shape index (κ2) is 9.08. The van der Waals surface area contributed by atoms with E-state index in [2.05, 4.69) is 26.1 Å². The summed E-state index contributed by atoms with van der Waals surface area (Å²) < 4.78 is 42.1. The smallest absolute Gasteiger partial charge is 0.349 e. The highest BCUT2D eigenvalue weighted by molar-refractivity contribution is 6.31. The Morgan fingerprint density at radius 2 is 1.78 bits per heavy atom. The van der Waals surface area contributed by atoms with Gasteiger partial charge in [0.2, 0.25) is 0 Å². The second-order valence-corrected chi connectivity index (χ2v) is 11.3. The molecule has 196 valence electrons. The third-order valence-electron chi connectivity index (χ3n) is 8.60. The second-order valence-electron chi connectivity index (χ2n) is 10.9. The molecule has 37 heavy (non-hydrogen) atoms. The minimum Gasteiger partial charge on any atom is -0.349 e. The highest BCUT2D eigenvalue weighted by atomic mass is 35.5. The summed E-state index contributed by atoms with van der Waals surface area (Å²) in [5, 5.41) is 3.56. The molecule has 3 aliphatic carbocycles. The fourth-order valence-electron chi connectivity index (χ4n) is 6.21. The van der Waals surface area contributed by atoms with Crippen molar-refractivity contribution in [2.24, 2.45) is 23.2 Å². The van der Waals surface area contributed by atoms with Crippen LogP contribution in [0.15, 0.2) is 59.5 Å². The zero-order valence-corrected chi connectivity index (χ0v) is 21.6. The largest absolute Gasteiger partial charge is 0.416 e. The minimum atomic E-state index is -4.50. The number of halogens is 4. The van der Waals surface area contributed by atoms with Gasteiger partial charge in [0.15, 0.2) is 0 Å². The summed E-state index contributed by atoms with van der Waals surface area (Å²) >= 11 is 6.33. The lowest BCUT2D eigenvalue weighted by Gasteiger charge is -2.62. The highest BCUT2D eigenvalue weighted by Crippen LogP contribution is 2.61. The molecule has 2 bridgehead atoms. The fourth-order valence-corrected chi connectivity index (χ4v) is 6.41. The summed E-state index contributed by atoms with van der Waals surface area (Å²) in [6.45, 7) is 6.85. The first-order chi connectivity index (χ1) is 17.4. The van der Waals surface area contributed by atoms with Crippen molar-refractivity contribution in [3.63, 3.8) is 0 Å². The van der Waals surface area contributed by atoms with Gasteiger partial charge in [-0.25, -0.2) is 4.68 Å². The van der Waals surface area contributed by atoms with Gasteiger partial charge in [-0.2, -0.15) is 13.2 Å². The van der Waals surface area contributed by atoms with Crippen LogP contribution in [0, 0.1) is 23.2 Å². The van der Waals surface area contributed by atoms with Gasteiger partial charge in [-0.15, -0.1) is 0 Å². The lowest BCUT2D eigenvalue weighted by atomic mass is 9.45. The van der Waals surface area contributed by atoms with Crippen LogP contribution in [0.1, 0.15) is 55.1 Å². The Morgan fingerprint density at radius 1 is 1.11 bits per heavy atom. The van der Waals surface area contributed by atoms with E-state index in [0.717, 1.165) is 25.0 Å². The number of hydrogen-bond acceptors (Lipinski definition) is 2. The Hall–Kier alpha value is -3.00. The number of nitrogens with zero attached hydrogens (tertiary/aromatic N) is 2. The molecule has 3 aromatic rings. The number of benzene rings is 2. The molecule has 1 N–H and O–H groups in total. The van der Waals surface area contributed by atoms with Crippen molar-refractivity contribution in [3.8, 4) is 5.69 Å². The molecular formula is C28H29ClF3N3O2. The van der Waals surface area contributed by atoms with Gasteiger partial charge in [-0.05, 0) is 71.9 Å². The van der Waals surface area contributed by atoms with Gasteiger partial charge in [0.05, 0.1) is 17.8 Å². The van der Waals surface area contributed by atoms with E-state index in [9.17, 15) is 22.8 Å². The number of carbonyl (C=O) groups is 1. The molecule has 0 saturated heterocycles. The zero-order chi connectivity index (χ0) is 26.7. The van der Waals surface area contributed by atoms with E-state index in [-0.39, 0.29) is 35.2 Å². The SMILES string of the molecule is C[C@@H]1[C@H]2CC(C[C@H]1NC(=O)c1cn(Cc3ccccc3Cl)n(-c3ccc(C(F)(F)F)cc3)c1=O)C2(C)C. The number of amides is 1. The summed E-state index contributed by atoms with van der Waals surface area (Å²) in [7, 11) is 0. The van der Waals surface area contributed by atoms with Crippen molar-refractivity contribution in [1.29, 1.82) is 0 Å². The van der Waals surface area contributed by atoms with Crippen LogP contribution in [0.4, 0.5) is 13.2 Å². The maximum absolute atomic E-state index is 13.5. The van der Waals surface area contributed by atoms with Gasteiger partial charge in [-0.1, -0.05) is 50.6 Å². The molecule has 0 spiro atoms. The van der Waals surface area contributed by atoms with Gasteiger partial charge in [0, 0.05) is 17.3 Å². The van der Waals surface area contributed by atoms with Crippen LogP contribution in [-0.2, 0) is 12.7 Å². The van der Waals surface area contributed by atoms with Gasteiger partial charge < -0.3 is 5.32 Å². The number of nitrogens with one attached hydrogen (secondary N) is 1. The third-order valence-corrected chi connectivity index (χ3v) is 8.97. The van der Waals surface area contributed by atoms with E-state index in [0.29, 0.717) is 22.4 Å². The van der Waals surface area contributed by atoms with Crippen molar-refractivity contribution < 1.29 is 18.0 Å². The fraction of sp³-hybridized carbons (Fsp3) is 0.429. The molecule has 3 saturated carbocycles. The molecule has 3 aliphatic rings. The number of aromatic nitrogens is 2. The van der Waals surface area contributed by atoms with Crippen LogP contribution in [0.25, 0.3) is 5.69 Å². The van der Waals surface area contributed by atoms with Gasteiger partial charge in [0.1, 0.15) is 5.56 Å². The number of hydrogen-bond donors (Lipinski definition) is 1. The van der Waals surface area contributed by atoms with Crippen molar-refractivity contribution >= 4 is 17.5 Å². The number of rotatable bonds is 5. The first kappa shape index (κ1) is 25.6. The van der Waals surface area contributed by atoms with E-state index in [1.165, 1.54) is 27.7 Å². The predicted molar refractivity (Wildman–Crippen MR) is 136 cm³/mol. The molecule has 2 aromatic carbocycles. The Bertz CT molecular complexity index is 1390. The van der Waals surface area contributed by atoms with Crippen LogP contribution in [0.5, 0.6) is 0 Å². The maximum Gasteiger partial charge on any atom is 0.416 e. The Balaban J connectivity index is 1.49. The Morgan fingerprint density at radius 3 is 2.38 bits per heavy atom. The zero-order valence-electron chi connectivity index (χ0n) is 20.8. The standard InChI is InChI=1S/C28H29ClF3N3O2/c1-16-22-12-19(27(22,2)3)13-24(16)33-25(36)21-15-34(14-17-6-4-5-7-23(17)29)35(26(21)37)20-10-8-18(9-11-20)28(30,31)32/h4-11,15-16,19,22,24H,12-14H2,1-3H3,(H,33,36)/t16-,19?,22-,24-/m1/s1. The highest BCUT2D eigenvalue weighted by Gasteiger charge is 2.56. The summed E-state index contributed by atoms with van der Waals surface area (Å²) in [4.78, 5) is 26.9. The van der Waals surface area contributed by atoms with Crippen LogP contribution in [0.2, 0.25) is 5.02 Å². The van der Waals surface area contributed by atoms with Gasteiger partial charge in [-0.3, -0.25) is 14.3 Å². The van der Waals surface area contributed by atoms with E-state index in [1.54, 1.807) is 24.3 Å². The summed E-state index contributed by atoms with van der Waals surface area (Å²) in [6.07, 6.45) is -1.02. The molecule has 1 heterocycles. The van der Waals surface area contributed by atoms with Crippen LogP contribution in [0.3, 0.4) is 0 Å². The molecule has 1 aromatic heterocycles. The monoisotopic (exact) mass is 531 g/mol. The van der Waals surface area contributed by atoms with Crippen molar-refractivity contribution in [2.45, 2.75) is 52.4 Å². The van der Waals surface area contributed by atoms with E-state index < -0.39 is 23.2 Å². The lowest BCUT2D eigenvalue weighted by Crippen LogP contribution is -2.60. The third kappa shape index (κ3) is 4.49. The number of fused-ring (bicyclic) bond motifs is 2. The van der Waals surface area contributed by atoms with E-state index >= 15 is 0 Å². The molecule has 5 nitrogen and oxygen atoms in total. The molecule has 6 rings (SSSR count). The average molecular weight is 532 g/mol. The summed E-state index contributed by atoms with van der Waals surface area (Å²) in [5.41, 5.74) is -0.294. The molecule has 4 atom stereocenters. The van der Waals surface area contributed by atoms with Gasteiger partial charge in [0.25, 0.3) is 11.5 Å². The van der Waals surface area contributed by atoms with Crippen LogP contribution >= 0.6 is 11.6 Å². The molecular weight excluding hydrogens is 503 g/mol. The predicted octanol–water partition coefficient (Wildman–Crippen LogP) is 6.16. The molecule has 0 radical (unpaired) electrons. The maximum atomic E-state index is 13.5. The van der Waals surface area contributed by atoms with Crippen LogP contribution in [-0.4, -0.2) is 21.3 Å². The number of alkyl halides is 3. The lowest BCUT2D eigenvalue weighted by molar-refractivity contribution is -0.137. The number of carbonyl (C=O) groups excluding carboxylic acids is 1. The average Bonchev–Trinajstić information content (AvgIpc) is 3.16. The van der Waals surface area contributed by atoms with Crippen molar-refractivity contribution in [1.82, 2.24) is 14.7 Å². The molecule has 1 amide bonds. The van der Waals surface area contributed by atoms with E-state index in [1.807, 2.05) is 0 Å². The molecule has 0 aliphatic heterocycles. The molecule has 9 heteroatoms. The minimum absolute atomic E-state index is 0.0323. The summed E-state index contributed by atoms with van der Waals surface area (Å²) in [6, 6.07) is 11.4. The van der Waals surface area contributed by atoms with Gasteiger partial charge >= 0.3 is 6.18 Å². The molecule has 3 fully saturated rings. The quantitative estimate of drug-likeness (QED) is 0.429. The normalized spacial score (nSPS) is 24.4.